The lowest BCUT2D eigenvalue weighted by Gasteiger charge is -2.09. The number of rotatable bonds is 4. The molecule has 1 atom stereocenters. The minimum Gasteiger partial charge on any atom is -0.383 e. The Balaban J connectivity index is 2.16. The first kappa shape index (κ1) is 12.8. The standard InChI is InChI=1S/C13H14BrNOS/c14-11-7-12(17-8-11)13(16)10-3-1-9(2-4-10)5-6-15/h1-4,7-8,13,16H,5-6,15H2. The van der Waals surface area contributed by atoms with Crippen LogP contribution in [0.3, 0.4) is 0 Å². The molecule has 0 aliphatic rings. The van der Waals surface area contributed by atoms with Crippen molar-refractivity contribution in [3.8, 4) is 0 Å². The number of aliphatic hydroxyl groups excluding tert-OH is 1. The molecule has 17 heavy (non-hydrogen) atoms. The van der Waals surface area contributed by atoms with Gasteiger partial charge in [-0.2, -0.15) is 0 Å². The Labute approximate surface area is 113 Å². The summed E-state index contributed by atoms with van der Waals surface area (Å²) in [7, 11) is 0. The molecule has 0 bridgehead atoms. The highest BCUT2D eigenvalue weighted by molar-refractivity contribution is 9.10. The molecular formula is C13H14BrNOS. The molecule has 4 heteroatoms. The number of hydrogen-bond donors (Lipinski definition) is 2. The van der Waals surface area contributed by atoms with Crippen molar-refractivity contribution >= 4 is 27.3 Å². The van der Waals surface area contributed by atoms with E-state index in [-0.39, 0.29) is 0 Å². The lowest BCUT2D eigenvalue weighted by atomic mass is 10.0. The van der Waals surface area contributed by atoms with Crippen LogP contribution in [-0.4, -0.2) is 11.7 Å². The third kappa shape index (κ3) is 3.16. The highest BCUT2D eigenvalue weighted by atomic mass is 79.9. The molecule has 1 unspecified atom stereocenters. The maximum atomic E-state index is 10.2. The summed E-state index contributed by atoms with van der Waals surface area (Å²) < 4.78 is 1.01. The van der Waals surface area contributed by atoms with Gasteiger partial charge in [-0.3, -0.25) is 0 Å². The molecule has 0 saturated heterocycles. The number of nitrogens with two attached hydrogens (primary N) is 1. The summed E-state index contributed by atoms with van der Waals surface area (Å²) in [6.45, 7) is 0.653. The smallest absolute Gasteiger partial charge is 0.113 e. The summed E-state index contributed by atoms with van der Waals surface area (Å²) in [5.41, 5.74) is 7.62. The second-order valence-electron chi connectivity index (χ2n) is 3.85. The first-order valence-electron chi connectivity index (χ1n) is 5.41. The van der Waals surface area contributed by atoms with Gasteiger partial charge in [-0.15, -0.1) is 11.3 Å². The molecule has 0 amide bonds. The van der Waals surface area contributed by atoms with Crippen LogP contribution in [0.2, 0.25) is 0 Å². The topological polar surface area (TPSA) is 46.2 Å². The normalized spacial score (nSPS) is 12.6. The molecule has 1 aromatic carbocycles. The maximum Gasteiger partial charge on any atom is 0.113 e. The molecule has 3 N–H and O–H groups in total. The molecule has 0 spiro atoms. The average Bonchev–Trinajstić information content (AvgIpc) is 2.76. The van der Waals surface area contributed by atoms with Gasteiger partial charge in [0.15, 0.2) is 0 Å². The van der Waals surface area contributed by atoms with Crippen LogP contribution in [0.4, 0.5) is 0 Å². The summed E-state index contributed by atoms with van der Waals surface area (Å²) in [5.74, 6) is 0. The van der Waals surface area contributed by atoms with E-state index in [4.69, 9.17) is 5.73 Å². The van der Waals surface area contributed by atoms with Crippen molar-refractivity contribution in [3.63, 3.8) is 0 Å². The Hall–Kier alpha value is -0.680. The molecule has 2 aromatic rings. The van der Waals surface area contributed by atoms with Gasteiger partial charge in [0.05, 0.1) is 0 Å². The molecule has 0 aliphatic heterocycles. The number of aliphatic hydroxyl groups is 1. The summed E-state index contributed by atoms with van der Waals surface area (Å²) in [5, 5.41) is 12.2. The van der Waals surface area contributed by atoms with Crippen molar-refractivity contribution in [2.45, 2.75) is 12.5 Å². The number of thiophene rings is 1. The van der Waals surface area contributed by atoms with E-state index in [1.807, 2.05) is 35.7 Å². The Morgan fingerprint density at radius 3 is 2.53 bits per heavy atom. The van der Waals surface area contributed by atoms with Crippen LogP contribution >= 0.6 is 27.3 Å². The van der Waals surface area contributed by atoms with Crippen LogP contribution in [0, 0.1) is 0 Å². The second-order valence-corrected chi connectivity index (χ2v) is 5.71. The van der Waals surface area contributed by atoms with Crippen molar-refractivity contribution in [2.75, 3.05) is 6.54 Å². The predicted molar refractivity (Wildman–Crippen MR) is 75.3 cm³/mol. The molecule has 1 aromatic heterocycles. The highest BCUT2D eigenvalue weighted by Gasteiger charge is 2.12. The van der Waals surface area contributed by atoms with Gasteiger partial charge in [0.2, 0.25) is 0 Å². The van der Waals surface area contributed by atoms with Crippen LogP contribution < -0.4 is 5.73 Å². The van der Waals surface area contributed by atoms with Gasteiger partial charge >= 0.3 is 0 Å². The third-order valence-corrected chi connectivity index (χ3v) is 4.33. The van der Waals surface area contributed by atoms with Crippen LogP contribution in [0.25, 0.3) is 0 Å². The number of halogens is 1. The van der Waals surface area contributed by atoms with Crippen LogP contribution in [0.5, 0.6) is 0 Å². The fourth-order valence-corrected chi connectivity index (χ4v) is 3.12. The third-order valence-electron chi connectivity index (χ3n) is 2.59. The zero-order valence-corrected chi connectivity index (χ0v) is 11.7. The quantitative estimate of drug-likeness (QED) is 0.911. The second kappa shape index (κ2) is 5.78. The fourth-order valence-electron chi connectivity index (χ4n) is 1.67. The van der Waals surface area contributed by atoms with Crippen molar-refractivity contribution in [1.82, 2.24) is 0 Å². The summed E-state index contributed by atoms with van der Waals surface area (Å²) >= 11 is 4.94. The highest BCUT2D eigenvalue weighted by Crippen LogP contribution is 2.29. The molecule has 1 heterocycles. The fraction of sp³-hybridized carbons (Fsp3) is 0.231. The van der Waals surface area contributed by atoms with E-state index < -0.39 is 6.10 Å². The minimum absolute atomic E-state index is 0.543. The van der Waals surface area contributed by atoms with E-state index in [0.717, 1.165) is 21.3 Å². The van der Waals surface area contributed by atoms with Gasteiger partial charge in [0.25, 0.3) is 0 Å². The van der Waals surface area contributed by atoms with E-state index in [0.29, 0.717) is 6.54 Å². The van der Waals surface area contributed by atoms with Gasteiger partial charge in [0, 0.05) is 14.7 Å². The van der Waals surface area contributed by atoms with Crippen LogP contribution in [0.15, 0.2) is 40.2 Å². The first-order valence-corrected chi connectivity index (χ1v) is 7.09. The number of hydrogen-bond acceptors (Lipinski definition) is 3. The van der Waals surface area contributed by atoms with Crippen molar-refractivity contribution in [3.05, 3.63) is 56.2 Å². The Bertz CT molecular complexity index is 480. The molecule has 2 nitrogen and oxygen atoms in total. The Morgan fingerprint density at radius 1 is 1.29 bits per heavy atom. The van der Waals surface area contributed by atoms with Gasteiger partial charge in [-0.25, -0.2) is 0 Å². The monoisotopic (exact) mass is 311 g/mol. The lowest BCUT2D eigenvalue weighted by molar-refractivity contribution is 0.224. The Kier molecular flexibility index (Phi) is 4.34. The van der Waals surface area contributed by atoms with Gasteiger partial charge in [-0.05, 0) is 46.1 Å². The van der Waals surface area contributed by atoms with Gasteiger partial charge in [0.1, 0.15) is 6.10 Å². The maximum absolute atomic E-state index is 10.2. The molecule has 0 aliphatic carbocycles. The van der Waals surface area contributed by atoms with Gasteiger partial charge in [-0.1, -0.05) is 24.3 Å². The Morgan fingerprint density at radius 2 is 2.00 bits per heavy atom. The zero-order chi connectivity index (χ0) is 12.3. The van der Waals surface area contributed by atoms with E-state index in [1.54, 1.807) is 11.3 Å². The molecule has 90 valence electrons. The van der Waals surface area contributed by atoms with E-state index in [1.165, 1.54) is 5.56 Å². The first-order chi connectivity index (χ1) is 8.20. The van der Waals surface area contributed by atoms with E-state index in [9.17, 15) is 5.11 Å². The summed E-state index contributed by atoms with van der Waals surface area (Å²) in [6.07, 6.45) is 0.333. The predicted octanol–water partition coefficient (Wildman–Crippen LogP) is 3.09. The minimum atomic E-state index is -0.543. The van der Waals surface area contributed by atoms with Crippen molar-refractivity contribution in [2.24, 2.45) is 5.73 Å². The molecule has 0 fully saturated rings. The van der Waals surface area contributed by atoms with E-state index in [2.05, 4.69) is 15.9 Å². The molecule has 2 rings (SSSR count). The molecule has 0 saturated carbocycles. The lowest BCUT2D eigenvalue weighted by Crippen LogP contribution is -2.03. The number of benzene rings is 1. The van der Waals surface area contributed by atoms with Crippen molar-refractivity contribution in [1.29, 1.82) is 0 Å². The van der Waals surface area contributed by atoms with E-state index >= 15 is 0 Å². The zero-order valence-electron chi connectivity index (χ0n) is 9.27. The summed E-state index contributed by atoms with van der Waals surface area (Å²) in [4.78, 5) is 0.948. The average molecular weight is 312 g/mol. The van der Waals surface area contributed by atoms with Crippen LogP contribution in [-0.2, 0) is 6.42 Å². The SMILES string of the molecule is NCCc1ccc(C(O)c2cc(Br)cs2)cc1. The molecular weight excluding hydrogens is 298 g/mol. The molecule has 0 radical (unpaired) electrons. The summed E-state index contributed by atoms with van der Waals surface area (Å²) in [6, 6.07) is 9.91. The van der Waals surface area contributed by atoms with Crippen molar-refractivity contribution < 1.29 is 5.11 Å². The largest absolute Gasteiger partial charge is 0.383 e. The van der Waals surface area contributed by atoms with Gasteiger partial charge < -0.3 is 10.8 Å². The van der Waals surface area contributed by atoms with Crippen LogP contribution in [0.1, 0.15) is 22.1 Å².